The Balaban J connectivity index is 3.19. The number of amides is 1. The Morgan fingerprint density at radius 1 is 1.33 bits per heavy atom. The molecule has 1 aromatic carbocycles. The van der Waals surface area contributed by atoms with Crippen molar-refractivity contribution in [1.82, 2.24) is 4.90 Å². The molecule has 118 valence electrons. The first-order chi connectivity index (χ1) is 9.54. The summed E-state index contributed by atoms with van der Waals surface area (Å²) in [5.74, 6) is -2.85. The van der Waals surface area contributed by atoms with Gasteiger partial charge in [-0.25, -0.2) is 17.2 Å². The number of hydrogen-bond acceptors (Lipinski definition) is 3. The minimum Gasteiger partial charge on any atom is -0.342 e. The number of rotatable bonds is 5. The molecule has 21 heavy (non-hydrogen) atoms. The zero-order valence-corrected chi connectivity index (χ0v) is 13.4. The fourth-order valence-corrected chi connectivity index (χ4v) is 2.57. The van der Waals surface area contributed by atoms with Gasteiger partial charge in [-0.3, -0.25) is 4.79 Å². The molecule has 1 aromatic rings. The Morgan fingerprint density at radius 3 is 2.38 bits per heavy atom. The topological polar surface area (TPSA) is 54.5 Å². The van der Waals surface area contributed by atoms with E-state index in [1.165, 1.54) is 11.9 Å². The smallest absolute Gasteiger partial charge is 0.264 e. The van der Waals surface area contributed by atoms with Crippen LogP contribution in [0.15, 0.2) is 17.0 Å². The van der Waals surface area contributed by atoms with Gasteiger partial charge in [0.05, 0.1) is 5.56 Å². The number of carbonyl (C=O) groups excluding carboxylic acids is 1. The molecule has 0 N–H and O–H groups in total. The molecule has 0 aliphatic rings. The highest BCUT2D eigenvalue weighted by Crippen LogP contribution is 2.24. The second-order valence-electron chi connectivity index (χ2n) is 5.11. The third-order valence-electron chi connectivity index (χ3n) is 2.89. The largest absolute Gasteiger partial charge is 0.342 e. The molecule has 4 nitrogen and oxygen atoms in total. The maximum absolute atomic E-state index is 14.1. The van der Waals surface area contributed by atoms with Crippen molar-refractivity contribution in [3.05, 3.63) is 29.3 Å². The summed E-state index contributed by atoms with van der Waals surface area (Å²) in [5.41, 5.74) is -0.652. The fourth-order valence-electron chi connectivity index (χ4n) is 1.66. The second-order valence-corrected chi connectivity index (χ2v) is 7.65. The highest BCUT2D eigenvalue weighted by atomic mass is 35.7. The number of carbonyl (C=O) groups is 1. The lowest BCUT2D eigenvalue weighted by Gasteiger charge is -2.19. The van der Waals surface area contributed by atoms with E-state index in [1.807, 2.05) is 13.8 Å². The molecule has 8 heteroatoms. The van der Waals surface area contributed by atoms with Crippen LogP contribution in [-0.2, 0) is 9.05 Å². The lowest BCUT2D eigenvalue weighted by Crippen LogP contribution is -2.29. The zero-order chi connectivity index (χ0) is 16.4. The van der Waals surface area contributed by atoms with Crippen molar-refractivity contribution >= 4 is 25.6 Å². The van der Waals surface area contributed by atoms with Gasteiger partial charge in [-0.1, -0.05) is 13.8 Å². The van der Waals surface area contributed by atoms with Crippen LogP contribution < -0.4 is 0 Å². The summed E-state index contributed by atoms with van der Waals surface area (Å²) in [7, 11) is 1.99. The van der Waals surface area contributed by atoms with E-state index in [4.69, 9.17) is 10.7 Å². The number of nitrogens with zero attached hydrogens (tertiary/aromatic N) is 1. The molecule has 0 aromatic heterocycles. The van der Waals surface area contributed by atoms with Gasteiger partial charge in [-0.05, 0) is 24.5 Å². The van der Waals surface area contributed by atoms with Crippen molar-refractivity contribution < 1.29 is 22.0 Å². The second kappa shape index (κ2) is 6.70. The molecule has 1 rings (SSSR count). The maximum atomic E-state index is 14.1. The molecule has 0 heterocycles. The van der Waals surface area contributed by atoms with Gasteiger partial charge in [0, 0.05) is 24.3 Å². The van der Waals surface area contributed by atoms with Crippen LogP contribution in [0, 0.1) is 17.6 Å². The van der Waals surface area contributed by atoms with E-state index in [-0.39, 0.29) is 0 Å². The quantitative estimate of drug-likeness (QED) is 0.775. The first-order valence-electron chi connectivity index (χ1n) is 6.23. The first kappa shape index (κ1) is 17.8. The van der Waals surface area contributed by atoms with Gasteiger partial charge in [-0.2, -0.15) is 0 Å². The molecule has 0 aliphatic heterocycles. The Kier molecular flexibility index (Phi) is 5.69. The van der Waals surface area contributed by atoms with Crippen molar-refractivity contribution in [3.63, 3.8) is 0 Å². The third-order valence-corrected chi connectivity index (χ3v) is 4.21. The van der Waals surface area contributed by atoms with Gasteiger partial charge < -0.3 is 4.90 Å². The summed E-state index contributed by atoms with van der Waals surface area (Å²) < 4.78 is 49.9. The Labute approximate surface area is 127 Å². The van der Waals surface area contributed by atoms with Crippen LogP contribution in [-0.4, -0.2) is 32.8 Å². The van der Waals surface area contributed by atoms with Crippen molar-refractivity contribution in [2.24, 2.45) is 5.92 Å². The van der Waals surface area contributed by atoms with Gasteiger partial charge in [-0.15, -0.1) is 0 Å². The molecule has 0 radical (unpaired) electrons. The van der Waals surface area contributed by atoms with E-state index in [2.05, 4.69) is 0 Å². The summed E-state index contributed by atoms with van der Waals surface area (Å²) in [6.45, 7) is 4.26. The van der Waals surface area contributed by atoms with E-state index < -0.39 is 37.1 Å². The van der Waals surface area contributed by atoms with E-state index in [9.17, 15) is 22.0 Å². The molecule has 0 saturated carbocycles. The summed E-state index contributed by atoms with van der Waals surface area (Å²) >= 11 is 0. The molecule has 0 bridgehead atoms. The Bertz CT molecular complexity index is 647. The van der Waals surface area contributed by atoms with Gasteiger partial charge in [0.15, 0.2) is 5.82 Å². The lowest BCUT2D eigenvalue weighted by molar-refractivity contribution is 0.0783. The van der Waals surface area contributed by atoms with Crippen LogP contribution in [0.5, 0.6) is 0 Å². The summed E-state index contributed by atoms with van der Waals surface area (Å²) in [4.78, 5) is 12.3. The average molecular weight is 340 g/mol. The van der Waals surface area contributed by atoms with Gasteiger partial charge in [0.1, 0.15) is 10.7 Å². The Hall–Kier alpha value is -1.21. The van der Waals surface area contributed by atoms with Crippen LogP contribution in [0.3, 0.4) is 0 Å². The standard InChI is InChI=1S/C13H16ClF2NO3S/c1-8(2)4-5-17(3)13(18)10-6-9(15)7-11(12(10)16)21(14,19)20/h6-8H,4-5H2,1-3H3. The third kappa shape index (κ3) is 4.64. The highest BCUT2D eigenvalue weighted by molar-refractivity contribution is 8.13. The minimum atomic E-state index is -4.48. The van der Waals surface area contributed by atoms with Gasteiger partial charge >= 0.3 is 0 Å². The summed E-state index contributed by atoms with van der Waals surface area (Å²) in [6.07, 6.45) is 0.680. The Morgan fingerprint density at radius 2 is 1.90 bits per heavy atom. The first-order valence-corrected chi connectivity index (χ1v) is 8.54. The molecule has 0 fully saturated rings. The zero-order valence-electron chi connectivity index (χ0n) is 11.9. The molecule has 0 aliphatic carbocycles. The van der Waals surface area contributed by atoms with E-state index in [0.29, 0.717) is 31.0 Å². The van der Waals surface area contributed by atoms with Crippen LogP contribution in [0.2, 0.25) is 0 Å². The van der Waals surface area contributed by atoms with Gasteiger partial charge in [0.25, 0.3) is 15.0 Å². The van der Waals surface area contributed by atoms with Crippen LogP contribution in [0.25, 0.3) is 0 Å². The molecular weight excluding hydrogens is 324 g/mol. The molecular formula is C13H16ClF2NO3S. The average Bonchev–Trinajstić information content (AvgIpc) is 2.36. The lowest BCUT2D eigenvalue weighted by atomic mass is 10.1. The fraction of sp³-hybridized carbons (Fsp3) is 0.462. The van der Waals surface area contributed by atoms with E-state index in [1.54, 1.807) is 0 Å². The van der Waals surface area contributed by atoms with Crippen LogP contribution in [0.4, 0.5) is 8.78 Å². The van der Waals surface area contributed by atoms with Crippen molar-refractivity contribution in [2.75, 3.05) is 13.6 Å². The molecule has 0 spiro atoms. The molecule has 0 unspecified atom stereocenters. The maximum Gasteiger partial charge on any atom is 0.264 e. The minimum absolute atomic E-state index is 0.330. The summed E-state index contributed by atoms with van der Waals surface area (Å²) in [5, 5.41) is 0. The molecule has 1 amide bonds. The highest BCUT2D eigenvalue weighted by Gasteiger charge is 2.25. The number of halogens is 3. The van der Waals surface area contributed by atoms with Crippen molar-refractivity contribution in [3.8, 4) is 0 Å². The van der Waals surface area contributed by atoms with Crippen LogP contribution in [0.1, 0.15) is 30.6 Å². The monoisotopic (exact) mass is 339 g/mol. The normalized spacial score (nSPS) is 11.8. The predicted molar refractivity (Wildman–Crippen MR) is 75.8 cm³/mol. The predicted octanol–water partition coefficient (Wildman–Crippen LogP) is 3.01. The summed E-state index contributed by atoms with van der Waals surface area (Å²) in [6, 6.07) is 1.11. The SMILES string of the molecule is CC(C)CCN(C)C(=O)c1cc(F)cc(S(=O)(=O)Cl)c1F. The van der Waals surface area contributed by atoms with E-state index in [0.717, 1.165) is 0 Å². The van der Waals surface area contributed by atoms with E-state index >= 15 is 0 Å². The van der Waals surface area contributed by atoms with Crippen molar-refractivity contribution in [2.45, 2.75) is 25.2 Å². The number of hydrogen-bond donors (Lipinski definition) is 0. The number of benzene rings is 1. The molecule has 0 saturated heterocycles. The molecule has 0 atom stereocenters. The van der Waals surface area contributed by atoms with Crippen molar-refractivity contribution in [1.29, 1.82) is 0 Å². The van der Waals surface area contributed by atoms with Crippen LogP contribution >= 0.6 is 10.7 Å². The van der Waals surface area contributed by atoms with Gasteiger partial charge in [0.2, 0.25) is 0 Å².